The lowest BCUT2D eigenvalue weighted by atomic mass is 10.1. The zero-order valence-corrected chi connectivity index (χ0v) is 13.6. The summed E-state index contributed by atoms with van der Waals surface area (Å²) in [7, 11) is 1.43. The number of hydrogen-bond acceptors (Lipinski definition) is 5. The van der Waals surface area contributed by atoms with Gasteiger partial charge in [0.1, 0.15) is 11.6 Å². The molecular weight excluding hydrogens is 352 g/mol. The van der Waals surface area contributed by atoms with E-state index in [4.69, 9.17) is 9.47 Å². The molecule has 0 spiro atoms. The van der Waals surface area contributed by atoms with Crippen LogP contribution in [0.5, 0.6) is 11.5 Å². The van der Waals surface area contributed by atoms with Gasteiger partial charge in [-0.05, 0) is 39.7 Å². The second-order valence-electron chi connectivity index (χ2n) is 4.63. The highest BCUT2D eigenvalue weighted by Gasteiger charge is 2.20. The average Bonchev–Trinajstić information content (AvgIpc) is 2.55. The van der Waals surface area contributed by atoms with E-state index in [-0.39, 0.29) is 23.0 Å². The number of benzene rings is 1. The van der Waals surface area contributed by atoms with E-state index in [0.717, 1.165) is 0 Å². The quantitative estimate of drug-likeness (QED) is 0.652. The Labute approximate surface area is 136 Å². The van der Waals surface area contributed by atoms with Crippen molar-refractivity contribution in [3.8, 4) is 17.6 Å². The first-order valence-electron chi connectivity index (χ1n) is 6.62. The summed E-state index contributed by atoms with van der Waals surface area (Å²) >= 11 is 3.21. The van der Waals surface area contributed by atoms with Crippen LogP contribution in [0, 0.1) is 11.3 Å². The molecule has 0 saturated carbocycles. The van der Waals surface area contributed by atoms with Gasteiger partial charge in [-0.25, -0.2) is 0 Å². The summed E-state index contributed by atoms with van der Waals surface area (Å²) in [6, 6.07) is 5.10. The van der Waals surface area contributed by atoms with Gasteiger partial charge in [-0.2, -0.15) is 5.26 Å². The van der Waals surface area contributed by atoms with Crippen LogP contribution in [-0.4, -0.2) is 49.3 Å². The number of phenols is 1. The molecule has 1 aliphatic rings. The van der Waals surface area contributed by atoms with Crippen molar-refractivity contribution >= 4 is 27.9 Å². The van der Waals surface area contributed by atoms with Crippen molar-refractivity contribution in [2.75, 3.05) is 33.4 Å². The first-order chi connectivity index (χ1) is 10.6. The molecule has 0 atom stereocenters. The second kappa shape index (κ2) is 7.29. The van der Waals surface area contributed by atoms with E-state index in [2.05, 4.69) is 15.9 Å². The van der Waals surface area contributed by atoms with Gasteiger partial charge >= 0.3 is 0 Å². The number of amides is 1. The number of halogens is 1. The Bertz CT molecular complexity index is 646. The third kappa shape index (κ3) is 3.59. The van der Waals surface area contributed by atoms with E-state index in [9.17, 15) is 15.2 Å². The molecule has 2 rings (SSSR count). The zero-order valence-electron chi connectivity index (χ0n) is 12.0. The van der Waals surface area contributed by atoms with Crippen molar-refractivity contribution in [3.63, 3.8) is 0 Å². The molecule has 0 aliphatic carbocycles. The van der Waals surface area contributed by atoms with Gasteiger partial charge in [0.2, 0.25) is 0 Å². The number of nitrogens with zero attached hydrogens (tertiary/aromatic N) is 2. The topological polar surface area (TPSA) is 82.8 Å². The predicted octanol–water partition coefficient (Wildman–Crippen LogP) is 1.93. The largest absolute Gasteiger partial charge is 0.503 e. The van der Waals surface area contributed by atoms with E-state index >= 15 is 0 Å². The van der Waals surface area contributed by atoms with Gasteiger partial charge in [-0.1, -0.05) is 0 Å². The number of aromatic hydroxyl groups is 1. The molecule has 6 nitrogen and oxygen atoms in total. The molecule has 1 amide bonds. The summed E-state index contributed by atoms with van der Waals surface area (Å²) in [5, 5.41) is 19.0. The van der Waals surface area contributed by atoms with Gasteiger partial charge in [0, 0.05) is 13.1 Å². The Kier molecular flexibility index (Phi) is 5.41. The van der Waals surface area contributed by atoms with Gasteiger partial charge in [0.25, 0.3) is 5.91 Å². The summed E-state index contributed by atoms with van der Waals surface area (Å²) < 4.78 is 10.7. The third-order valence-electron chi connectivity index (χ3n) is 3.23. The molecule has 0 aromatic heterocycles. The molecule has 7 heteroatoms. The average molecular weight is 367 g/mol. The normalized spacial score (nSPS) is 15.3. The van der Waals surface area contributed by atoms with E-state index in [0.29, 0.717) is 36.3 Å². The highest BCUT2D eigenvalue weighted by atomic mass is 79.9. The highest BCUT2D eigenvalue weighted by molar-refractivity contribution is 9.10. The standard InChI is InChI=1S/C15H15BrN2O4/c1-21-13-8-10(7-12(16)14(13)19)6-11(9-17)15(20)18-2-4-22-5-3-18/h6-8,19H,2-5H2,1H3/b11-6-. The van der Waals surface area contributed by atoms with Crippen molar-refractivity contribution < 1.29 is 19.4 Å². The molecule has 1 aromatic carbocycles. The molecule has 116 valence electrons. The number of phenolic OH excluding ortho intramolecular Hbond substituents is 1. The summed E-state index contributed by atoms with van der Waals surface area (Å²) in [5.74, 6) is -0.0941. The summed E-state index contributed by atoms with van der Waals surface area (Å²) in [4.78, 5) is 13.9. The monoisotopic (exact) mass is 366 g/mol. The minimum absolute atomic E-state index is 0.0292. The van der Waals surface area contributed by atoms with Crippen LogP contribution in [0.15, 0.2) is 22.2 Å². The van der Waals surface area contributed by atoms with Crippen molar-refractivity contribution in [2.24, 2.45) is 0 Å². The number of nitriles is 1. The lowest BCUT2D eigenvalue weighted by molar-refractivity contribution is -0.130. The lowest BCUT2D eigenvalue weighted by Crippen LogP contribution is -2.41. The van der Waals surface area contributed by atoms with Gasteiger partial charge in [0.15, 0.2) is 11.5 Å². The van der Waals surface area contributed by atoms with Gasteiger partial charge in [-0.3, -0.25) is 4.79 Å². The molecule has 1 fully saturated rings. The second-order valence-corrected chi connectivity index (χ2v) is 5.48. The zero-order chi connectivity index (χ0) is 16.1. The van der Waals surface area contributed by atoms with E-state index in [1.807, 2.05) is 6.07 Å². The molecule has 0 unspecified atom stereocenters. The number of morpholine rings is 1. The first-order valence-corrected chi connectivity index (χ1v) is 7.41. The van der Waals surface area contributed by atoms with Gasteiger partial charge in [0.05, 0.1) is 24.8 Å². The van der Waals surface area contributed by atoms with Crippen molar-refractivity contribution in [1.82, 2.24) is 4.90 Å². The summed E-state index contributed by atoms with van der Waals surface area (Å²) in [5.41, 5.74) is 0.612. The predicted molar refractivity (Wildman–Crippen MR) is 83.3 cm³/mol. The molecule has 1 aromatic rings. The Morgan fingerprint density at radius 3 is 2.77 bits per heavy atom. The molecular formula is C15H15BrN2O4. The summed E-state index contributed by atoms with van der Waals surface area (Å²) in [6.45, 7) is 1.90. The van der Waals surface area contributed by atoms with Crippen LogP contribution in [0.1, 0.15) is 5.56 Å². The Hall–Kier alpha value is -2.04. The fourth-order valence-corrected chi connectivity index (χ4v) is 2.54. The van der Waals surface area contributed by atoms with Crippen LogP contribution in [-0.2, 0) is 9.53 Å². The van der Waals surface area contributed by atoms with Crippen molar-refractivity contribution in [3.05, 3.63) is 27.7 Å². The van der Waals surface area contributed by atoms with Crippen LogP contribution >= 0.6 is 15.9 Å². The van der Waals surface area contributed by atoms with E-state index in [1.54, 1.807) is 17.0 Å². The van der Waals surface area contributed by atoms with Crippen LogP contribution in [0.3, 0.4) is 0 Å². The number of ether oxygens (including phenoxy) is 2. The number of carbonyl (C=O) groups excluding carboxylic acids is 1. The number of methoxy groups -OCH3 is 1. The molecule has 1 aliphatic heterocycles. The SMILES string of the molecule is COc1cc(/C=C(/C#N)C(=O)N2CCOCC2)cc(Br)c1O. The van der Waals surface area contributed by atoms with Crippen LogP contribution < -0.4 is 4.74 Å². The molecule has 1 saturated heterocycles. The minimum atomic E-state index is -0.325. The summed E-state index contributed by atoms with van der Waals surface area (Å²) in [6.07, 6.45) is 1.48. The fourth-order valence-electron chi connectivity index (χ4n) is 2.08. The lowest BCUT2D eigenvalue weighted by Gasteiger charge is -2.26. The van der Waals surface area contributed by atoms with Crippen LogP contribution in [0.2, 0.25) is 0 Å². The number of rotatable bonds is 3. The van der Waals surface area contributed by atoms with Crippen LogP contribution in [0.25, 0.3) is 6.08 Å². The van der Waals surface area contributed by atoms with E-state index < -0.39 is 0 Å². The third-order valence-corrected chi connectivity index (χ3v) is 3.84. The van der Waals surface area contributed by atoms with E-state index in [1.165, 1.54) is 13.2 Å². The molecule has 22 heavy (non-hydrogen) atoms. The van der Waals surface area contributed by atoms with Crippen LogP contribution in [0.4, 0.5) is 0 Å². The van der Waals surface area contributed by atoms with Crippen molar-refractivity contribution in [2.45, 2.75) is 0 Å². The molecule has 0 bridgehead atoms. The Morgan fingerprint density at radius 1 is 1.50 bits per heavy atom. The first kappa shape index (κ1) is 16.3. The van der Waals surface area contributed by atoms with Gasteiger partial charge < -0.3 is 19.5 Å². The molecule has 1 heterocycles. The highest BCUT2D eigenvalue weighted by Crippen LogP contribution is 2.35. The van der Waals surface area contributed by atoms with Crippen molar-refractivity contribution in [1.29, 1.82) is 5.26 Å². The molecule has 0 radical (unpaired) electrons. The smallest absolute Gasteiger partial charge is 0.264 e. The maximum absolute atomic E-state index is 12.3. The number of hydrogen-bond donors (Lipinski definition) is 1. The molecule has 1 N–H and O–H groups in total. The maximum atomic E-state index is 12.3. The Morgan fingerprint density at radius 2 is 2.18 bits per heavy atom. The fraction of sp³-hybridized carbons (Fsp3) is 0.333. The number of carbonyl (C=O) groups is 1. The van der Waals surface area contributed by atoms with Gasteiger partial charge in [-0.15, -0.1) is 0 Å². The maximum Gasteiger partial charge on any atom is 0.264 e. The minimum Gasteiger partial charge on any atom is -0.503 e. The Balaban J connectivity index is 2.30.